The van der Waals surface area contributed by atoms with Gasteiger partial charge in [-0.2, -0.15) is 13.2 Å². The molecule has 3 nitrogen and oxygen atoms in total. The molecular formula is C14H18F3NO2. The lowest BCUT2D eigenvalue weighted by molar-refractivity contribution is -0.145. The number of halogens is 3. The number of Topliss-reactive ketones (excluding diaryl/α,β-unsaturated/α-hetero) is 1. The van der Waals surface area contributed by atoms with Gasteiger partial charge in [0.1, 0.15) is 0 Å². The van der Waals surface area contributed by atoms with E-state index in [2.05, 4.69) is 0 Å². The molecule has 1 N–H and O–H groups in total. The van der Waals surface area contributed by atoms with E-state index in [-0.39, 0.29) is 18.9 Å². The van der Waals surface area contributed by atoms with Crippen LogP contribution >= 0.6 is 0 Å². The van der Waals surface area contributed by atoms with Crippen molar-refractivity contribution < 1.29 is 23.1 Å². The highest BCUT2D eigenvalue weighted by molar-refractivity contribution is 5.98. The van der Waals surface area contributed by atoms with Crippen LogP contribution in [-0.2, 0) is 0 Å². The van der Waals surface area contributed by atoms with Crippen LogP contribution in [0.15, 0.2) is 18.2 Å². The van der Waals surface area contributed by atoms with Gasteiger partial charge in [-0.15, -0.1) is 0 Å². The topological polar surface area (TPSA) is 40.5 Å². The van der Waals surface area contributed by atoms with E-state index >= 15 is 0 Å². The second-order valence-electron chi connectivity index (χ2n) is 4.79. The average molecular weight is 289 g/mol. The lowest BCUT2D eigenvalue weighted by Gasteiger charge is -2.22. The first-order chi connectivity index (χ1) is 9.23. The summed E-state index contributed by atoms with van der Waals surface area (Å²) in [5.41, 5.74) is 2.15. The summed E-state index contributed by atoms with van der Waals surface area (Å²) in [6.07, 6.45) is -4.39. The fourth-order valence-corrected chi connectivity index (χ4v) is 2.02. The SMILES string of the molecule is Cc1ccc(C(=O)CN(CCO)CC(F)(F)F)c(C)c1. The molecule has 6 heteroatoms. The molecular weight excluding hydrogens is 271 g/mol. The number of hydrogen-bond acceptors (Lipinski definition) is 3. The zero-order chi connectivity index (χ0) is 15.3. The lowest BCUT2D eigenvalue weighted by atomic mass is 10.0. The van der Waals surface area contributed by atoms with Crippen LogP contribution in [0.3, 0.4) is 0 Å². The number of benzene rings is 1. The number of rotatable bonds is 6. The Bertz CT molecular complexity index is 472. The van der Waals surface area contributed by atoms with Crippen molar-refractivity contribution in [2.45, 2.75) is 20.0 Å². The molecule has 1 aromatic carbocycles. The summed E-state index contributed by atoms with van der Waals surface area (Å²) in [6.45, 7) is 1.46. The molecule has 1 rings (SSSR count). The summed E-state index contributed by atoms with van der Waals surface area (Å²) in [5, 5.41) is 8.79. The Morgan fingerprint density at radius 2 is 1.95 bits per heavy atom. The standard InChI is InChI=1S/C14H18F3NO2/c1-10-3-4-12(11(2)7-10)13(20)8-18(5-6-19)9-14(15,16)17/h3-4,7,19H,5-6,8-9H2,1-2H3. The molecule has 0 saturated heterocycles. The molecule has 0 aliphatic rings. The van der Waals surface area contributed by atoms with Crippen LogP contribution in [0.5, 0.6) is 0 Å². The van der Waals surface area contributed by atoms with E-state index in [1.807, 2.05) is 13.0 Å². The third-order valence-corrected chi connectivity index (χ3v) is 2.87. The van der Waals surface area contributed by atoms with E-state index in [1.54, 1.807) is 19.1 Å². The predicted octanol–water partition coefficient (Wildman–Crippen LogP) is 2.34. The number of alkyl halides is 3. The fraction of sp³-hybridized carbons (Fsp3) is 0.500. The molecule has 0 aliphatic heterocycles. The van der Waals surface area contributed by atoms with E-state index in [1.165, 1.54) is 0 Å². The Morgan fingerprint density at radius 3 is 2.45 bits per heavy atom. The first-order valence-corrected chi connectivity index (χ1v) is 6.23. The second-order valence-corrected chi connectivity index (χ2v) is 4.79. The minimum Gasteiger partial charge on any atom is -0.395 e. The molecule has 112 valence electrons. The van der Waals surface area contributed by atoms with Gasteiger partial charge in [0, 0.05) is 12.1 Å². The third kappa shape index (κ3) is 5.30. The maximum absolute atomic E-state index is 12.4. The Balaban J connectivity index is 2.79. The number of carbonyl (C=O) groups is 1. The van der Waals surface area contributed by atoms with Crippen LogP contribution < -0.4 is 0 Å². The van der Waals surface area contributed by atoms with Crippen LogP contribution in [0.1, 0.15) is 21.5 Å². The summed E-state index contributed by atoms with van der Waals surface area (Å²) in [7, 11) is 0. The Kier molecular flexibility index (Phi) is 5.71. The number of carbonyl (C=O) groups excluding carboxylic acids is 1. The van der Waals surface area contributed by atoms with E-state index in [0.29, 0.717) is 5.56 Å². The minimum atomic E-state index is -4.39. The molecule has 1 aromatic rings. The third-order valence-electron chi connectivity index (χ3n) is 2.87. The summed E-state index contributed by atoms with van der Waals surface area (Å²) >= 11 is 0. The van der Waals surface area contributed by atoms with Gasteiger partial charge in [0.05, 0.1) is 19.7 Å². The first-order valence-electron chi connectivity index (χ1n) is 6.23. The van der Waals surface area contributed by atoms with E-state index in [9.17, 15) is 18.0 Å². The Hall–Kier alpha value is -1.40. The molecule has 0 heterocycles. The number of hydrogen-bond donors (Lipinski definition) is 1. The highest BCUT2D eigenvalue weighted by atomic mass is 19.4. The van der Waals surface area contributed by atoms with Gasteiger partial charge in [-0.1, -0.05) is 23.8 Å². The van der Waals surface area contributed by atoms with Gasteiger partial charge >= 0.3 is 6.18 Å². The number of aliphatic hydroxyl groups excluding tert-OH is 1. The van der Waals surface area contributed by atoms with Crippen molar-refractivity contribution in [3.8, 4) is 0 Å². The largest absolute Gasteiger partial charge is 0.401 e. The predicted molar refractivity (Wildman–Crippen MR) is 69.8 cm³/mol. The van der Waals surface area contributed by atoms with E-state index in [4.69, 9.17) is 5.11 Å². The second kappa shape index (κ2) is 6.85. The summed E-state index contributed by atoms with van der Waals surface area (Å²) in [6, 6.07) is 5.19. The van der Waals surface area contributed by atoms with Gasteiger partial charge in [0.25, 0.3) is 0 Å². The average Bonchev–Trinajstić information content (AvgIpc) is 2.26. The van der Waals surface area contributed by atoms with Crippen molar-refractivity contribution in [3.63, 3.8) is 0 Å². The van der Waals surface area contributed by atoms with Gasteiger partial charge in [0.15, 0.2) is 5.78 Å². The van der Waals surface area contributed by atoms with Gasteiger partial charge in [-0.3, -0.25) is 9.69 Å². The van der Waals surface area contributed by atoms with Crippen molar-refractivity contribution in [2.24, 2.45) is 0 Å². The lowest BCUT2D eigenvalue weighted by Crippen LogP contribution is -2.39. The molecule has 0 saturated carbocycles. The maximum atomic E-state index is 12.4. The fourth-order valence-electron chi connectivity index (χ4n) is 2.02. The van der Waals surface area contributed by atoms with Crippen LogP contribution in [0.4, 0.5) is 13.2 Å². The molecule has 20 heavy (non-hydrogen) atoms. The normalized spacial score (nSPS) is 11.9. The van der Waals surface area contributed by atoms with Crippen molar-refractivity contribution in [2.75, 3.05) is 26.2 Å². The molecule has 0 fully saturated rings. The number of aryl methyl sites for hydroxylation is 2. The highest BCUT2D eigenvalue weighted by Gasteiger charge is 2.31. The molecule has 0 unspecified atom stereocenters. The van der Waals surface area contributed by atoms with Crippen molar-refractivity contribution in [1.82, 2.24) is 4.90 Å². The zero-order valence-electron chi connectivity index (χ0n) is 11.5. The van der Waals surface area contributed by atoms with Crippen LogP contribution in [0.25, 0.3) is 0 Å². The number of ketones is 1. The van der Waals surface area contributed by atoms with Crippen molar-refractivity contribution >= 4 is 5.78 Å². The first kappa shape index (κ1) is 16.7. The Morgan fingerprint density at radius 1 is 1.30 bits per heavy atom. The van der Waals surface area contributed by atoms with Crippen molar-refractivity contribution in [3.05, 3.63) is 34.9 Å². The van der Waals surface area contributed by atoms with E-state index in [0.717, 1.165) is 16.0 Å². The smallest absolute Gasteiger partial charge is 0.395 e. The van der Waals surface area contributed by atoms with Crippen LogP contribution in [0, 0.1) is 13.8 Å². The van der Waals surface area contributed by atoms with E-state index < -0.39 is 19.3 Å². The van der Waals surface area contributed by atoms with Gasteiger partial charge in [0.2, 0.25) is 0 Å². The Labute approximate surface area is 116 Å². The summed E-state index contributed by atoms with van der Waals surface area (Å²) in [4.78, 5) is 13.0. The van der Waals surface area contributed by atoms with Gasteiger partial charge in [-0.25, -0.2) is 0 Å². The molecule has 0 bridgehead atoms. The summed E-state index contributed by atoms with van der Waals surface area (Å²) in [5.74, 6) is -0.375. The number of nitrogens with zero attached hydrogens (tertiary/aromatic N) is 1. The monoisotopic (exact) mass is 289 g/mol. The maximum Gasteiger partial charge on any atom is 0.401 e. The quantitative estimate of drug-likeness (QED) is 0.817. The van der Waals surface area contributed by atoms with Crippen molar-refractivity contribution in [1.29, 1.82) is 0 Å². The summed E-state index contributed by atoms with van der Waals surface area (Å²) < 4.78 is 37.1. The molecule has 0 radical (unpaired) electrons. The number of aliphatic hydroxyl groups is 1. The van der Waals surface area contributed by atoms with Gasteiger partial charge in [-0.05, 0) is 19.4 Å². The van der Waals surface area contributed by atoms with Crippen LogP contribution in [-0.4, -0.2) is 48.2 Å². The highest BCUT2D eigenvalue weighted by Crippen LogP contribution is 2.17. The molecule has 0 atom stereocenters. The molecule has 0 aliphatic carbocycles. The minimum absolute atomic E-state index is 0.184. The molecule has 0 amide bonds. The van der Waals surface area contributed by atoms with Crippen LogP contribution in [0.2, 0.25) is 0 Å². The molecule has 0 aromatic heterocycles. The zero-order valence-corrected chi connectivity index (χ0v) is 11.5. The van der Waals surface area contributed by atoms with Gasteiger partial charge < -0.3 is 5.11 Å². The molecule has 0 spiro atoms.